The second kappa shape index (κ2) is 9.20. The van der Waals surface area contributed by atoms with Crippen LogP contribution in [0.15, 0.2) is 41.8 Å². The number of nitrogens with zero attached hydrogens (tertiary/aromatic N) is 1. The zero-order valence-corrected chi connectivity index (χ0v) is 15.4. The van der Waals surface area contributed by atoms with Crippen molar-refractivity contribution in [3.63, 3.8) is 0 Å². The lowest BCUT2D eigenvalue weighted by Crippen LogP contribution is -2.44. The third-order valence-electron chi connectivity index (χ3n) is 4.03. The summed E-state index contributed by atoms with van der Waals surface area (Å²) >= 11 is 7.54. The van der Waals surface area contributed by atoms with E-state index in [-0.39, 0.29) is 18.6 Å². The molecule has 1 aromatic heterocycles. The van der Waals surface area contributed by atoms with Crippen LogP contribution in [0.3, 0.4) is 0 Å². The van der Waals surface area contributed by atoms with Crippen LogP contribution < -0.4 is 10.1 Å². The Hall–Kier alpha value is -1.60. The van der Waals surface area contributed by atoms with Crippen molar-refractivity contribution in [1.82, 2.24) is 10.2 Å². The third kappa shape index (κ3) is 5.44. The van der Waals surface area contributed by atoms with Gasteiger partial charge >= 0.3 is 0 Å². The summed E-state index contributed by atoms with van der Waals surface area (Å²) in [5.74, 6) is 0.493. The first-order chi connectivity index (χ1) is 12.2. The molecular weight excluding hydrogens is 360 g/mol. The molecule has 0 aliphatic carbocycles. The summed E-state index contributed by atoms with van der Waals surface area (Å²) in [7, 11) is 0. The van der Waals surface area contributed by atoms with E-state index in [1.54, 1.807) is 35.6 Å². The second-order valence-corrected chi connectivity index (χ2v) is 7.14. The summed E-state index contributed by atoms with van der Waals surface area (Å²) in [5.41, 5.74) is 0. The van der Waals surface area contributed by atoms with Gasteiger partial charge in [0.05, 0.1) is 19.3 Å². The van der Waals surface area contributed by atoms with Crippen LogP contribution in [0.4, 0.5) is 0 Å². The van der Waals surface area contributed by atoms with Crippen LogP contribution in [0.5, 0.6) is 5.75 Å². The highest BCUT2D eigenvalue weighted by atomic mass is 35.5. The van der Waals surface area contributed by atoms with Gasteiger partial charge in [-0.05, 0) is 35.7 Å². The Morgan fingerprint density at radius 2 is 2.04 bits per heavy atom. The lowest BCUT2D eigenvalue weighted by molar-refractivity contribution is -0.123. The van der Waals surface area contributed by atoms with Gasteiger partial charge in [0.1, 0.15) is 5.75 Å². The maximum absolute atomic E-state index is 12.1. The minimum absolute atomic E-state index is 0.0120. The van der Waals surface area contributed by atoms with Gasteiger partial charge in [0.15, 0.2) is 6.61 Å². The van der Waals surface area contributed by atoms with Crippen LogP contribution in [-0.2, 0) is 9.53 Å². The molecular formula is C18H21ClN2O3S. The molecule has 0 spiro atoms. The lowest BCUT2D eigenvalue weighted by Gasteiger charge is -2.34. The van der Waals surface area contributed by atoms with Gasteiger partial charge in [0.2, 0.25) is 0 Å². The highest BCUT2D eigenvalue weighted by Gasteiger charge is 2.23. The van der Waals surface area contributed by atoms with Gasteiger partial charge in [0, 0.05) is 29.5 Å². The van der Waals surface area contributed by atoms with Crippen molar-refractivity contribution in [2.24, 2.45) is 0 Å². The van der Waals surface area contributed by atoms with Gasteiger partial charge < -0.3 is 14.8 Å². The van der Waals surface area contributed by atoms with E-state index in [0.29, 0.717) is 17.3 Å². The van der Waals surface area contributed by atoms with Gasteiger partial charge in [-0.25, -0.2) is 0 Å². The minimum Gasteiger partial charge on any atom is -0.484 e. The van der Waals surface area contributed by atoms with E-state index in [9.17, 15) is 4.79 Å². The maximum Gasteiger partial charge on any atom is 0.258 e. The van der Waals surface area contributed by atoms with Crippen LogP contribution in [0, 0.1) is 0 Å². The van der Waals surface area contributed by atoms with Crippen molar-refractivity contribution in [3.8, 4) is 5.75 Å². The second-order valence-electron chi connectivity index (χ2n) is 5.73. The van der Waals surface area contributed by atoms with Crippen LogP contribution in [0.25, 0.3) is 0 Å². The molecule has 0 bridgehead atoms. The number of carbonyl (C=O) groups is 1. The molecule has 2 heterocycles. The van der Waals surface area contributed by atoms with Crippen LogP contribution in [0.2, 0.25) is 5.02 Å². The summed E-state index contributed by atoms with van der Waals surface area (Å²) in [5, 5.41) is 5.69. The van der Waals surface area contributed by atoms with Crippen LogP contribution in [0.1, 0.15) is 10.9 Å². The molecule has 0 unspecified atom stereocenters. The maximum atomic E-state index is 12.1. The predicted octanol–water partition coefficient (Wildman–Crippen LogP) is 2.97. The summed E-state index contributed by atoms with van der Waals surface area (Å²) in [6.07, 6.45) is 0. The molecule has 1 fully saturated rings. The number of rotatable bonds is 7. The van der Waals surface area contributed by atoms with Crippen molar-refractivity contribution >= 4 is 28.8 Å². The van der Waals surface area contributed by atoms with Gasteiger partial charge in [-0.15, -0.1) is 11.3 Å². The molecule has 1 atom stereocenters. The minimum atomic E-state index is -0.134. The number of thiophene rings is 1. The first-order valence-corrected chi connectivity index (χ1v) is 9.48. The van der Waals surface area contributed by atoms with Crippen LogP contribution >= 0.6 is 22.9 Å². The van der Waals surface area contributed by atoms with Gasteiger partial charge in [-0.1, -0.05) is 17.7 Å². The molecule has 3 rings (SSSR count). The number of nitrogens with one attached hydrogen (secondary N) is 1. The van der Waals surface area contributed by atoms with Crippen molar-refractivity contribution in [3.05, 3.63) is 51.7 Å². The van der Waals surface area contributed by atoms with Gasteiger partial charge in [0.25, 0.3) is 5.91 Å². The molecule has 1 N–H and O–H groups in total. The first-order valence-electron chi connectivity index (χ1n) is 8.22. The summed E-state index contributed by atoms with van der Waals surface area (Å²) in [6, 6.07) is 11.3. The van der Waals surface area contributed by atoms with E-state index in [4.69, 9.17) is 21.1 Å². The number of ether oxygens (including phenoxy) is 2. The van der Waals surface area contributed by atoms with E-state index in [2.05, 4.69) is 21.7 Å². The summed E-state index contributed by atoms with van der Waals surface area (Å²) < 4.78 is 10.9. The Kier molecular flexibility index (Phi) is 6.69. The average Bonchev–Trinajstić information content (AvgIpc) is 3.17. The monoisotopic (exact) mass is 380 g/mol. The molecule has 7 heteroatoms. The molecule has 0 saturated carbocycles. The van der Waals surface area contributed by atoms with Crippen molar-refractivity contribution in [1.29, 1.82) is 0 Å². The molecule has 2 aromatic rings. The van der Waals surface area contributed by atoms with Crippen LogP contribution in [-0.4, -0.2) is 50.3 Å². The molecule has 1 aliphatic rings. The van der Waals surface area contributed by atoms with Crippen molar-refractivity contribution in [2.75, 3.05) is 39.5 Å². The SMILES string of the molecule is O=C(COc1ccc(Cl)cc1)NC[C@@H](c1cccs1)N1CCOCC1. The van der Waals surface area contributed by atoms with E-state index < -0.39 is 0 Å². The predicted molar refractivity (Wildman–Crippen MR) is 99.4 cm³/mol. The highest BCUT2D eigenvalue weighted by molar-refractivity contribution is 7.10. The lowest BCUT2D eigenvalue weighted by atomic mass is 10.2. The Labute approximate surface area is 156 Å². The van der Waals surface area contributed by atoms with E-state index in [0.717, 1.165) is 26.3 Å². The normalized spacial score (nSPS) is 16.4. The van der Waals surface area contributed by atoms with Gasteiger partial charge in [-0.3, -0.25) is 9.69 Å². The number of amides is 1. The topological polar surface area (TPSA) is 50.8 Å². The largest absolute Gasteiger partial charge is 0.484 e. The Bertz CT molecular complexity index is 657. The molecule has 1 saturated heterocycles. The van der Waals surface area contributed by atoms with Crippen molar-refractivity contribution in [2.45, 2.75) is 6.04 Å². The number of hydrogen-bond acceptors (Lipinski definition) is 5. The number of carbonyl (C=O) groups excluding carboxylic acids is 1. The fraction of sp³-hybridized carbons (Fsp3) is 0.389. The third-order valence-corrected chi connectivity index (χ3v) is 5.26. The smallest absolute Gasteiger partial charge is 0.258 e. The number of halogens is 1. The summed E-state index contributed by atoms with van der Waals surface area (Å²) in [4.78, 5) is 15.7. The van der Waals surface area contributed by atoms with Gasteiger partial charge in [-0.2, -0.15) is 0 Å². The molecule has 1 aliphatic heterocycles. The number of morpholine rings is 1. The molecule has 25 heavy (non-hydrogen) atoms. The molecule has 134 valence electrons. The quantitative estimate of drug-likeness (QED) is 0.802. The van der Waals surface area contributed by atoms with E-state index in [1.165, 1.54) is 4.88 Å². The van der Waals surface area contributed by atoms with E-state index in [1.807, 2.05) is 6.07 Å². The summed E-state index contributed by atoms with van der Waals surface area (Å²) in [6.45, 7) is 3.76. The molecule has 0 radical (unpaired) electrons. The average molecular weight is 381 g/mol. The van der Waals surface area contributed by atoms with E-state index >= 15 is 0 Å². The zero-order chi connectivity index (χ0) is 17.5. The Balaban J connectivity index is 1.51. The first kappa shape index (κ1) is 18.2. The fourth-order valence-corrected chi connectivity index (χ4v) is 3.71. The molecule has 1 amide bonds. The zero-order valence-electron chi connectivity index (χ0n) is 13.8. The molecule has 1 aromatic carbocycles. The van der Waals surface area contributed by atoms with Crippen molar-refractivity contribution < 1.29 is 14.3 Å². The number of benzene rings is 1. The number of hydrogen-bond donors (Lipinski definition) is 1. The fourth-order valence-electron chi connectivity index (χ4n) is 2.72. The molecule has 5 nitrogen and oxygen atoms in total. The Morgan fingerprint density at radius 1 is 1.28 bits per heavy atom. The Morgan fingerprint density at radius 3 is 2.72 bits per heavy atom. The standard InChI is InChI=1S/C18H21ClN2O3S/c19-14-3-5-15(6-4-14)24-13-18(22)20-12-16(17-2-1-11-25-17)21-7-9-23-10-8-21/h1-6,11,16H,7-10,12-13H2,(H,20,22)/t16-/m0/s1. The highest BCUT2D eigenvalue weighted by Crippen LogP contribution is 2.25.